The van der Waals surface area contributed by atoms with Gasteiger partial charge in [0, 0.05) is 25.2 Å². The van der Waals surface area contributed by atoms with Crippen LogP contribution in [0.5, 0.6) is 0 Å². The molecule has 2 aromatic carbocycles. The molecule has 0 aliphatic carbocycles. The SMILES string of the molecule is O=C([C@@H]1C[C@@H]2CC[C@H]1N2)N1CCC(c2cccc3ccccc23)CC1. The fourth-order valence-corrected chi connectivity index (χ4v) is 5.35. The number of carbonyl (C=O) groups is 1. The van der Waals surface area contributed by atoms with Crippen LogP contribution in [0.2, 0.25) is 0 Å². The van der Waals surface area contributed by atoms with Crippen molar-refractivity contribution < 1.29 is 4.79 Å². The zero-order valence-corrected chi connectivity index (χ0v) is 14.7. The number of hydrogen-bond acceptors (Lipinski definition) is 2. The molecular weight excluding hydrogens is 308 g/mol. The molecule has 1 N–H and O–H groups in total. The predicted molar refractivity (Wildman–Crippen MR) is 101 cm³/mol. The van der Waals surface area contributed by atoms with Crippen molar-refractivity contribution in [2.75, 3.05) is 13.1 Å². The number of fused-ring (bicyclic) bond motifs is 3. The van der Waals surface area contributed by atoms with Crippen LogP contribution in [0, 0.1) is 5.92 Å². The highest BCUT2D eigenvalue weighted by Crippen LogP contribution is 2.37. The summed E-state index contributed by atoms with van der Waals surface area (Å²) in [4.78, 5) is 15.1. The second-order valence-corrected chi connectivity index (χ2v) is 8.06. The molecule has 3 aliphatic rings. The Hall–Kier alpha value is -1.87. The summed E-state index contributed by atoms with van der Waals surface area (Å²) in [6.07, 6.45) is 5.69. The monoisotopic (exact) mass is 334 g/mol. The Morgan fingerprint density at radius 2 is 1.76 bits per heavy atom. The van der Waals surface area contributed by atoms with E-state index in [9.17, 15) is 4.79 Å². The molecule has 5 rings (SSSR count). The van der Waals surface area contributed by atoms with Crippen molar-refractivity contribution in [1.82, 2.24) is 10.2 Å². The van der Waals surface area contributed by atoms with Gasteiger partial charge in [0.1, 0.15) is 0 Å². The minimum atomic E-state index is 0.243. The Bertz CT molecular complexity index is 788. The first-order chi connectivity index (χ1) is 12.3. The van der Waals surface area contributed by atoms with E-state index < -0.39 is 0 Å². The van der Waals surface area contributed by atoms with Crippen molar-refractivity contribution in [3.63, 3.8) is 0 Å². The molecule has 0 radical (unpaired) electrons. The Morgan fingerprint density at radius 1 is 0.960 bits per heavy atom. The number of benzene rings is 2. The number of hydrogen-bond donors (Lipinski definition) is 1. The third kappa shape index (κ3) is 2.65. The maximum Gasteiger partial charge on any atom is 0.227 e. The normalized spacial score (nSPS) is 29.4. The van der Waals surface area contributed by atoms with Crippen LogP contribution >= 0.6 is 0 Å². The summed E-state index contributed by atoms with van der Waals surface area (Å²) in [5, 5.41) is 6.31. The molecule has 1 amide bonds. The molecule has 2 bridgehead atoms. The summed E-state index contributed by atoms with van der Waals surface area (Å²) in [5.41, 5.74) is 1.46. The number of nitrogens with one attached hydrogen (secondary N) is 1. The molecule has 3 aliphatic heterocycles. The third-order valence-corrected chi connectivity index (χ3v) is 6.69. The summed E-state index contributed by atoms with van der Waals surface area (Å²) in [7, 11) is 0. The van der Waals surface area contributed by atoms with Gasteiger partial charge in [0.15, 0.2) is 0 Å². The van der Waals surface area contributed by atoms with Crippen LogP contribution in [0.3, 0.4) is 0 Å². The number of piperidine rings is 1. The van der Waals surface area contributed by atoms with Crippen LogP contribution in [0.15, 0.2) is 42.5 Å². The number of likely N-dealkylation sites (tertiary alicyclic amines) is 1. The molecule has 3 nitrogen and oxygen atoms in total. The second kappa shape index (κ2) is 6.14. The first kappa shape index (κ1) is 15.4. The van der Waals surface area contributed by atoms with E-state index in [1.165, 1.54) is 29.2 Å². The van der Waals surface area contributed by atoms with E-state index in [-0.39, 0.29) is 5.92 Å². The van der Waals surface area contributed by atoms with Crippen LogP contribution in [-0.2, 0) is 4.79 Å². The topological polar surface area (TPSA) is 32.3 Å². The molecule has 0 unspecified atom stereocenters. The highest BCUT2D eigenvalue weighted by molar-refractivity contribution is 5.86. The average molecular weight is 334 g/mol. The van der Waals surface area contributed by atoms with E-state index in [1.54, 1.807) is 0 Å². The summed E-state index contributed by atoms with van der Waals surface area (Å²) < 4.78 is 0. The van der Waals surface area contributed by atoms with Crippen molar-refractivity contribution in [2.24, 2.45) is 5.92 Å². The molecule has 0 aromatic heterocycles. The first-order valence-corrected chi connectivity index (χ1v) is 9.82. The Balaban J connectivity index is 1.29. The average Bonchev–Trinajstić information content (AvgIpc) is 3.31. The zero-order chi connectivity index (χ0) is 16.8. The van der Waals surface area contributed by atoms with Gasteiger partial charge in [-0.2, -0.15) is 0 Å². The first-order valence-electron chi connectivity index (χ1n) is 9.82. The molecule has 0 saturated carbocycles. The van der Waals surface area contributed by atoms with Crippen LogP contribution < -0.4 is 5.32 Å². The standard InChI is InChI=1S/C22H26N2O/c25-22(20-14-17-8-9-21(20)23-17)24-12-10-16(11-13-24)19-7-3-5-15-4-1-2-6-18(15)19/h1-7,16-17,20-21,23H,8-14H2/t17-,20+,21+/m0/s1. The van der Waals surface area contributed by atoms with Crippen LogP contribution in [0.4, 0.5) is 0 Å². The van der Waals surface area contributed by atoms with E-state index >= 15 is 0 Å². The van der Waals surface area contributed by atoms with Gasteiger partial charge in [-0.25, -0.2) is 0 Å². The lowest BCUT2D eigenvalue weighted by Crippen LogP contribution is -2.44. The van der Waals surface area contributed by atoms with Gasteiger partial charge >= 0.3 is 0 Å². The molecule has 3 heteroatoms. The Morgan fingerprint density at radius 3 is 2.52 bits per heavy atom. The van der Waals surface area contributed by atoms with Gasteiger partial charge in [0.25, 0.3) is 0 Å². The van der Waals surface area contributed by atoms with Crippen molar-refractivity contribution in [3.05, 3.63) is 48.0 Å². The van der Waals surface area contributed by atoms with Crippen molar-refractivity contribution in [1.29, 1.82) is 0 Å². The molecule has 2 aromatic rings. The highest BCUT2D eigenvalue weighted by atomic mass is 16.2. The van der Waals surface area contributed by atoms with Crippen LogP contribution in [-0.4, -0.2) is 36.0 Å². The van der Waals surface area contributed by atoms with Crippen LogP contribution in [0.25, 0.3) is 10.8 Å². The Labute approximate surface area is 149 Å². The van der Waals surface area contributed by atoms with Gasteiger partial charge in [-0.15, -0.1) is 0 Å². The lowest BCUT2D eigenvalue weighted by atomic mass is 9.84. The van der Waals surface area contributed by atoms with E-state index in [0.717, 1.165) is 32.4 Å². The summed E-state index contributed by atoms with van der Waals surface area (Å²) in [5.74, 6) is 1.23. The number of amides is 1. The lowest BCUT2D eigenvalue weighted by Gasteiger charge is -2.35. The molecule has 25 heavy (non-hydrogen) atoms. The van der Waals surface area contributed by atoms with Gasteiger partial charge in [0.05, 0.1) is 5.92 Å². The van der Waals surface area contributed by atoms with E-state index in [2.05, 4.69) is 52.7 Å². The molecule has 3 heterocycles. The van der Waals surface area contributed by atoms with Gasteiger partial charge in [-0.05, 0) is 54.4 Å². The second-order valence-electron chi connectivity index (χ2n) is 8.06. The quantitative estimate of drug-likeness (QED) is 0.908. The fraction of sp³-hybridized carbons (Fsp3) is 0.500. The molecule has 3 saturated heterocycles. The number of nitrogens with zero attached hydrogens (tertiary/aromatic N) is 1. The predicted octanol–water partition coefficient (Wildman–Crippen LogP) is 3.69. The minimum absolute atomic E-state index is 0.243. The Kier molecular flexibility index (Phi) is 3.78. The zero-order valence-electron chi connectivity index (χ0n) is 14.7. The van der Waals surface area contributed by atoms with E-state index in [1.807, 2.05) is 0 Å². The summed E-state index contributed by atoms with van der Waals surface area (Å²) in [6, 6.07) is 16.4. The molecular formula is C22H26N2O. The van der Waals surface area contributed by atoms with Gasteiger partial charge in [-0.3, -0.25) is 4.79 Å². The molecule has 3 atom stereocenters. The summed E-state index contributed by atoms with van der Waals surface area (Å²) in [6.45, 7) is 1.83. The highest BCUT2D eigenvalue weighted by Gasteiger charge is 2.44. The van der Waals surface area contributed by atoms with Crippen molar-refractivity contribution in [2.45, 2.75) is 50.1 Å². The third-order valence-electron chi connectivity index (χ3n) is 6.69. The fourth-order valence-electron chi connectivity index (χ4n) is 5.35. The lowest BCUT2D eigenvalue weighted by molar-refractivity contribution is -0.137. The van der Waals surface area contributed by atoms with Crippen LogP contribution in [0.1, 0.15) is 43.6 Å². The van der Waals surface area contributed by atoms with E-state index in [4.69, 9.17) is 0 Å². The minimum Gasteiger partial charge on any atom is -0.342 e. The van der Waals surface area contributed by atoms with Crippen molar-refractivity contribution in [3.8, 4) is 0 Å². The number of carbonyl (C=O) groups excluding carboxylic acids is 1. The molecule has 130 valence electrons. The van der Waals surface area contributed by atoms with Gasteiger partial charge in [-0.1, -0.05) is 42.5 Å². The summed E-state index contributed by atoms with van der Waals surface area (Å²) >= 11 is 0. The van der Waals surface area contributed by atoms with E-state index in [0.29, 0.717) is 23.9 Å². The van der Waals surface area contributed by atoms with Crippen molar-refractivity contribution >= 4 is 16.7 Å². The molecule has 0 spiro atoms. The van der Waals surface area contributed by atoms with Gasteiger partial charge in [0.2, 0.25) is 5.91 Å². The maximum atomic E-state index is 12.9. The van der Waals surface area contributed by atoms with Gasteiger partial charge < -0.3 is 10.2 Å². The maximum absolute atomic E-state index is 12.9. The largest absolute Gasteiger partial charge is 0.342 e. The number of rotatable bonds is 2. The molecule has 3 fully saturated rings. The smallest absolute Gasteiger partial charge is 0.227 e.